The SMILES string of the molecule is CCCCCC1CCC(CCCOc2ccc(CCC3CCC(CCCCC)CC3)cc2)CC1. The average Bonchev–Trinajstić information content (AvgIpc) is 2.88. The van der Waals surface area contributed by atoms with E-state index in [-0.39, 0.29) is 0 Å². The molecular weight excluding hydrogens is 412 g/mol. The van der Waals surface area contributed by atoms with E-state index in [1.165, 1.54) is 134 Å². The largest absolute Gasteiger partial charge is 0.494 e. The van der Waals surface area contributed by atoms with E-state index in [1.807, 2.05) is 0 Å². The number of hydrogen-bond acceptors (Lipinski definition) is 1. The van der Waals surface area contributed by atoms with Crippen LogP contribution in [0.2, 0.25) is 0 Å². The Morgan fingerprint density at radius 3 is 1.47 bits per heavy atom. The Morgan fingerprint density at radius 2 is 1.00 bits per heavy atom. The summed E-state index contributed by atoms with van der Waals surface area (Å²) in [6.45, 7) is 5.52. The minimum Gasteiger partial charge on any atom is -0.494 e. The lowest BCUT2D eigenvalue weighted by Gasteiger charge is -2.28. The molecule has 0 saturated heterocycles. The Balaban J connectivity index is 1.21. The number of rotatable bonds is 16. The molecule has 2 aliphatic rings. The van der Waals surface area contributed by atoms with E-state index >= 15 is 0 Å². The number of benzene rings is 1. The van der Waals surface area contributed by atoms with E-state index in [0.29, 0.717) is 0 Å². The third-order valence-electron chi connectivity index (χ3n) is 9.15. The van der Waals surface area contributed by atoms with E-state index < -0.39 is 0 Å². The van der Waals surface area contributed by atoms with Crippen LogP contribution in [0.15, 0.2) is 24.3 Å². The summed E-state index contributed by atoms with van der Waals surface area (Å²) >= 11 is 0. The smallest absolute Gasteiger partial charge is 0.119 e. The molecule has 34 heavy (non-hydrogen) atoms. The molecule has 0 aliphatic heterocycles. The molecule has 0 atom stereocenters. The molecule has 2 fully saturated rings. The second-order valence-corrected chi connectivity index (χ2v) is 11.9. The molecule has 0 heterocycles. The first-order chi connectivity index (χ1) is 16.8. The van der Waals surface area contributed by atoms with Gasteiger partial charge in [-0.25, -0.2) is 0 Å². The van der Waals surface area contributed by atoms with Crippen molar-refractivity contribution in [2.45, 2.75) is 142 Å². The Kier molecular flexibility index (Phi) is 13.5. The van der Waals surface area contributed by atoms with Crippen LogP contribution < -0.4 is 4.74 Å². The van der Waals surface area contributed by atoms with Gasteiger partial charge in [-0.3, -0.25) is 0 Å². The van der Waals surface area contributed by atoms with Crippen molar-refractivity contribution in [2.75, 3.05) is 6.61 Å². The summed E-state index contributed by atoms with van der Waals surface area (Å²) in [5.74, 6) is 5.05. The Morgan fingerprint density at radius 1 is 0.559 bits per heavy atom. The first-order valence-corrected chi connectivity index (χ1v) is 15.5. The summed E-state index contributed by atoms with van der Waals surface area (Å²) in [5.41, 5.74) is 1.49. The van der Waals surface area contributed by atoms with Gasteiger partial charge in [0.05, 0.1) is 6.61 Å². The van der Waals surface area contributed by atoms with E-state index in [9.17, 15) is 0 Å². The second kappa shape index (κ2) is 16.6. The molecule has 0 radical (unpaired) electrons. The number of aryl methyl sites for hydroxylation is 1. The average molecular weight is 469 g/mol. The summed E-state index contributed by atoms with van der Waals surface area (Å²) in [5, 5.41) is 0. The predicted octanol–water partition coefficient (Wildman–Crippen LogP) is 10.6. The maximum Gasteiger partial charge on any atom is 0.119 e. The molecular formula is C33H56O. The zero-order chi connectivity index (χ0) is 23.8. The van der Waals surface area contributed by atoms with Gasteiger partial charge in [-0.1, -0.05) is 129 Å². The quantitative estimate of drug-likeness (QED) is 0.219. The highest BCUT2D eigenvalue weighted by molar-refractivity contribution is 5.27. The third kappa shape index (κ3) is 10.7. The van der Waals surface area contributed by atoms with Crippen LogP contribution in [0.25, 0.3) is 0 Å². The molecule has 2 aliphatic carbocycles. The molecule has 0 spiro atoms. The van der Waals surface area contributed by atoms with E-state index in [4.69, 9.17) is 4.74 Å². The van der Waals surface area contributed by atoms with Gasteiger partial charge >= 0.3 is 0 Å². The van der Waals surface area contributed by atoms with Gasteiger partial charge in [-0.2, -0.15) is 0 Å². The minimum absolute atomic E-state index is 0.886. The lowest BCUT2D eigenvalue weighted by molar-refractivity contribution is 0.228. The molecule has 0 amide bonds. The molecule has 1 heteroatoms. The van der Waals surface area contributed by atoms with Crippen LogP contribution in [0.4, 0.5) is 0 Å². The van der Waals surface area contributed by atoms with Crippen LogP contribution >= 0.6 is 0 Å². The lowest BCUT2D eigenvalue weighted by atomic mass is 9.78. The van der Waals surface area contributed by atoms with Crippen molar-refractivity contribution >= 4 is 0 Å². The fourth-order valence-corrected chi connectivity index (χ4v) is 6.67. The Bertz CT molecular complexity index is 604. The van der Waals surface area contributed by atoms with Crippen LogP contribution in [0.1, 0.15) is 141 Å². The standard InChI is InChI=1S/C33H56O/c1-3-5-7-10-28-13-15-30(16-14-28)12-9-27-34-33-25-23-32(24-26-33)22-21-31-19-17-29(18-20-31)11-8-6-4-2/h23-26,28-31H,3-22,27H2,1-2H3. The molecule has 194 valence electrons. The van der Waals surface area contributed by atoms with Crippen molar-refractivity contribution < 1.29 is 4.74 Å². The molecule has 0 aromatic heterocycles. The van der Waals surface area contributed by atoms with Gasteiger partial charge in [-0.15, -0.1) is 0 Å². The lowest BCUT2D eigenvalue weighted by Crippen LogP contribution is -2.15. The van der Waals surface area contributed by atoms with Gasteiger partial charge in [0.1, 0.15) is 5.75 Å². The van der Waals surface area contributed by atoms with Gasteiger partial charge in [0, 0.05) is 0 Å². The summed E-state index contributed by atoms with van der Waals surface area (Å²) < 4.78 is 6.09. The zero-order valence-electron chi connectivity index (χ0n) is 22.9. The van der Waals surface area contributed by atoms with Gasteiger partial charge in [0.15, 0.2) is 0 Å². The van der Waals surface area contributed by atoms with Crippen molar-refractivity contribution in [1.29, 1.82) is 0 Å². The highest BCUT2D eigenvalue weighted by atomic mass is 16.5. The van der Waals surface area contributed by atoms with Crippen molar-refractivity contribution in [3.8, 4) is 5.75 Å². The maximum atomic E-state index is 6.09. The topological polar surface area (TPSA) is 9.23 Å². The van der Waals surface area contributed by atoms with Crippen molar-refractivity contribution in [3.05, 3.63) is 29.8 Å². The molecule has 3 rings (SSSR count). The first kappa shape index (κ1) is 27.6. The van der Waals surface area contributed by atoms with E-state index in [0.717, 1.165) is 36.0 Å². The monoisotopic (exact) mass is 468 g/mol. The maximum absolute atomic E-state index is 6.09. The van der Waals surface area contributed by atoms with Crippen LogP contribution in [-0.4, -0.2) is 6.61 Å². The fraction of sp³-hybridized carbons (Fsp3) is 0.818. The Hall–Kier alpha value is -0.980. The highest BCUT2D eigenvalue weighted by Crippen LogP contribution is 2.35. The molecule has 0 unspecified atom stereocenters. The normalized spacial score (nSPS) is 25.4. The van der Waals surface area contributed by atoms with Crippen LogP contribution in [0, 0.1) is 23.7 Å². The van der Waals surface area contributed by atoms with Gasteiger partial charge < -0.3 is 4.74 Å². The zero-order valence-corrected chi connectivity index (χ0v) is 22.9. The van der Waals surface area contributed by atoms with Crippen LogP contribution in [0.5, 0.6) is 5.75 Å². The van der Waals surface area contributed by atoms with E-state index in [1.54, 1.807) is 0 Å². The molecule has 2 saturated carbocycles. The summed E-state index contributed by atoms with van der Waals surface area (Å²) in [7, 11) is 0. The van der Waals surface area contributed by atoms with Crippen molar-refractivity contribution in [1.82, 2.24) is 0 Å². The summed E-state index contributed by atoms with van der Waals surface area (Å²) in [4.78, 5) is 0. The minimum atomic E-state index is 0.886. The molecule has 0 bridgehead atoms. The number of hydrogen-bond donors (Lipinski definition) is 0. The number of ether oxygens (including phenoxy) is 1. The third-order valence-corrected chi connectivity index (χ3v) is 9.15. The van der Waals surface area contributed by atoms with Crippen molar-refractivity contribution in [3.63, 3.8) is 0 Å². The summed E-state index contributed by atoms with van der Waals surface area (Å²) in [6, 6.07) is 9.04. The van der Waals surface area contributed by atoms with E-state index in [2.05, 4.69) is 38.1 Å². The second-order valence-electron chi connectivity index (χ2n) is 11.9. The first-order valence-electron chi connectivity index (χ1n) is 15.5. The van der Waals surface area contributed by atoms with Crippen molar-refractivity contribution in [2.24, 2.45) is 23.7 Å². The molecule has 1 aromatic rings. The van der Waals surface area contributed by atoms with Crippen LogP contribution in [-0.2, 0) is 6.42 Å². The Labute approximate surface area is 212 Å². The molecule has 0 N–H and O–H groups in total. The number of unbranched alkanes of at least 4 members (excludes halogenated alkanes) is 4. The summed E-state index contributed by atoms with van der Waals surface area (Å²) in [6.07, 6.45) is 28.5. The molecule has 1 nitrogen and oxygen atoms in total. The van der Waals surface area contributed by atoms with Crippen LogP contribution in [0.3, 0.4) is 0 Å². The highest BCUT2D eigenvalue weighted by Gasteiger charge is 2.21. The van der Waals surface area contributed by atoms with Gasteiger partial charge in [-0.05, 0) is 67.1 Å². The van der Waals surface area contributed by atoms with Gasteiger partial charge in [0.2, 0.25) is 0 Å². The molecule has 1 aromatic carbocycles. The fourth-order valence-electron chi connectivity index (χ4n) is 6.67. The predicted molar refractivity (Wildman–Crippen MR) is 149 cm³/mol. The van der Waals surface area contributed by atoms with Gasteiger partial charge in [0.25, 0.3) is 0 Å².